The minimum Gasteiger partial charge on any atom is -0.478 e. The summed E-state index contributed by atoms with van der Waals surface area (Å²) in [6.07, 6.45) is -2.86. The van der Waals surface area contributed by atoms with Crippen molar-refractivity contribution in [2.24, 2.45) is 0 Å². The number of rotatable bonds is 9. The molecule has 0 bridgehead atoms. The summed E-state index contributed by atoms with van der Waals surface area (Å²) >= 11 is 0. The van der Waals surface area contributed by atoms with Crippen LogP contribution in [0.5, 0.6) is 5.75 Å². The lowest BCUT2D eigenvalue weighted by atomic mass is 10.1. The first-order valence-corrected chi connectivity index (χ1v) is 10.1. The zero-order chi connectivity index (χ0) is 24.9. The van der Waals surface area contributed by atoms with E-state index in [1.807, 2.05) is 0 Å². The quantitative estimate of drug-likeness (QED) is 0.467. The predicted octanol–water partition coefficient (Wildman–Crippen LogP) is 3.87. The second-order valence-corrected chi connectivity index (χ2v) is 8.00. The monoisotopic (exact) mass is 477 g/mol. The Balaban J connectivity index is 1.48. The molecule has 1 N–H and O–H groups in total. The van der Waals surface area contributed by atoms with Crippen molar-refractivity contribution < 1.29 is 37.3 Å². The summed E-state index contributed by atoms with van der Waals surface area (Å²) in [4.78, 5) is 23.3. The molecule has 0 saturated heterocycles. The van der Waals surface area contributed by atoms with E-state index in [1.54, 1.807) is 30.5 Å². The van der Waals surface area contributed by atoms with Gasteiger partial charge in [0.2, 0.25) is 0 Å². The van der Waals surface area contributed by atoms with E-state index in [4.69, 9.17) is 14.6 Å². The van der Waals surface area contributed by atoms with Crippen LogP contribution in [0.3, 0.4) is 0 Å². The highest BCUT2D eigenvalue weighted by Gasteiger charge is 2.30. The molecular formula is C23H22F3N3O5. The third kappa shape index (κ3) is 6.80. The Morgan fingerprint density at radius 2 is 1.62 bits per heavy atom. The van der Waals surface area contributed by atoms with Crippen molar-refractivity contribution in [3.63, 3.8) is 0 Å². The number of carbonyl (C=O) groups is 2. The fourth-order valence-electron chi connectivity index (χ4n) is 2.85. The van der Waals surface area contributed by atoms with Crippen molar-refractivity contribution in [2.45, 2.75) is 45.2 Å². The Morgan fingerprint density at radius 3 is 2.21 bits per heavy atom. The second kappa shape index (κ2) is 9.94. The molecule has 8 nitrogen and oxygen atoms in total. The highest BCUT2D eigenvalue weighted by Crippen LogP contribution is 2.29. The van der Waals surface area contributed by atoms with Gasteiger partial charge in [-0.2, -0.15) is 13.2 Å². The molecule has 11 heteroatoms. The molecule has 1 heterocycles. The molecular weight excluding hydrogens is 455 g/mol. The number of nitrogens with zero attached hydrogens (tertiary/aromatic N) is 3. The van der Waals surface area contributed by atoms with Crippen LogP contribution in [0, 0.1) is 0 Å². The molecule has 0 aliphatic carbocycles. The summed E-state index contributed by atoms with van der Waals surface area (Å²) in [6, 6.07) is 11.1. The van der Waals surface area contributed by atoms with Crippen LogP contribution in [-0.2, 0) is 40.1 Å². The Labute approximate surface area is 192 Å². The lowest BCUT2D eigenvalue weighted by Gasteiger charge is -2.21. The third-order valence-electron chi connectivity index (χ3n) is 4.75. The summed E-state index contributed by atoms with van der Waals surface area (Å²) in [5, 5.41) is 16.9. The fourth-order valence-corrected chi connectivity index (χ4v) is 2.85. The highest BCUT2D eigenvalue weighted by molar-refractivity contribution is 5.76. The van der Waals surface area contributed by atoms with E-state index in [0.717, 1.165) is 12.1 Å². The van der Waals surface area contributed by atoms with E-state index in [2.05, 4.69) is 10.3 Å². The lowest BCUT2D eigenvalue weighted by molar-refractivity contribution is -0.152. The second-order valence-electron chi connectivity index (χ2n) is 8.00. The summed E-state index contributed by atoms with van der Waals surface area (Å²) in [5.74, 6) is -1.25. The molecule has 3 rings (SSSR count). The van der Waals surface area contributed by atoms with Gasteiger partial charge >= 0.3 is 18.1 Å². The number of ether oxygens (including phenoxy) is 2. The van der Waals surface area contributed by atoms with Gasteiger partial charge in [0.25, 0.3) is 0 Å². The van der Waals surface area contributed by atoms with Gasteiger partial charge in [0.05, 0.1) is 24.7 Å². The minimum atomic E-state index is -4.39. The zero-order valence-electron chi connectivity index (χ0n) is 18.4. The van der Waals surface area contributed by atoms with Crippen molar-refractivity contribution in [1.29, 1.82) is 0 Å². The van der Waals surface area contributed by atoms with Gasteiger partial charge in [0.15, 0.2) is 5.60 Å². The van der Waals surface area contributed by atoms with E-state index >= 15 is 0 Å². The maximum absolute atomic E-state index is 12.6. The average Bonchev–Trinajstić information content (AvgIpc) is 3.20. The number of halogens is 3. The van der Waals surface area contributed by atoms with Crippen molar-refractivity contribution in [3.8, 4) is 5.75 Å². The van der Waals surface area contributed by atoms with Crippen molar-refractivity contribution in [2.75, 3.05) is 0 Å². The number of carboxylic acid groups (broad SMARTS) is 1. The Hall–Kier alpha value is -3.89. The van der Waals surface area contributed by atoms with Gasteiger partial charge in [-0.1, -0.05) is 29.5 Å². The average molecular weight is 477 g/mol. The maximum Gasteiger partial charge on any atom is 0.416 e. The van der Waals surface area contributed by atoms with Crippen LogP contribution in [-0.4, -0.2) is 37.6 Å². The standard InChI is InChI=1S/C23H22F3N3O5/c1-22(2,21(31)32)34-19-9-5-15(6-10-19)11-20(30)33-14-18-13-29(28-27-18)12-16-3-7-17(8-4-16)23(24,25)26/h3-10,13H,11-12,14H2,1-2H3,(H,31,32). The minimum absolute atomic E-state index is 0.0116. The number of aliphatic carboxylic acids is 1. The number of carbonyl (C=O) groups excluding carboxylic acids is 1. The first-order valence-electron chi connectivity index (χ1n) is 10.1. The molecule has 0 unspecified atom stereocenters. The van der Waals surface area contributed by atoms with Gasteiger partial charge in [-0.25, -0.2) is 9.48 Å². The molecule has 180 valence electrons. The van der Waals surface area contributed by atoms with Gasteiger partial charge in [-0.15, -0.1) is 5.10 Å². The number of hydrogen-bond acceptors (Lipinski definition) is 6. The van der Waals surface area contributed by atoms with Gasteiger partial charge in [-0.05, 0) is 49.2 Å². The van der Waals surface area contributed by atoms with E-state index in [9.17, 15) is 22.8 Å². The number of esters is 1. The SMILES string of the molecule is CC(C)(Oc1ccc(CC(=O)OCc2cn(Cc3ccc(C(F)(F)F)cc3)nn2)cc1)C(=O)O. The molecule has 34 heavy (non-hydrogen) atoms. The van der Waals surface area contributed by atoms with Crippen LogP contribution in [0.1, 0.15) is 36.2 Å². The first kappa shape index (κ1) is 24.7. The van der Waals surface area contributed by atoms with Crippen LogP contribution in [0.15, 0.2) is 54.7 Å². The Kier molecular flexibility index (Phi) is 7.23. The summed E-state index contributed by atoms with van der Waals surface area (Å²) in [5.41, 5.74) is -0.463. The number of benzene rings is 2. The lowest BCUT2D eigenvalue weighted by Crippen LogP contribution is -2.37. The molecule has 0 aliphatic heterocycles. The molecule has 0 radical (unpaired) electrons. The van der Waals surface area contributed by atoms with E-state index in [1.165, 1.54) is 30.7 Å². The van der Waals surface area contributed by atoms with E-state index in [0.29, 0.717) is 22.6 Å². The number of hydrogen-bond donors (Lipinski definition) is 1. The van der Waals surface area contributed by atoms with E-state index in [-0.39, 0.29) is 19.6 Å². The summed E-state index contributed by atoms with van der Waals surface area (Å²) in [7, 11) is 0. The van der Waals surface area contributed by atoms with Crippen LogP contribution >= 0.6 is 0 Å². The molecule has 0 spiro atoms. The Bertz CT molecular complexity index is 1140. The molecule has 1 aromatic heterocycles. The maximum atomic E-state index is 12.6. The van der Waals surface area contributed by atoms with Gasteiger partial charge in [0, 0.05) is 0 Å². The third-order valence-corrected chi connectivity index (χ3v) is 4.75. The molecule has 0 aliphatic rings. The molecule has 0 atom stereocenters. The largest absolute Gasteiger partial charge is 0.478 e. The first-order chi connectivity index (χ1) is 15.9. The topological polar surface area (TPSA) is 104 Å². The van der Waals surface area contributed by atoms with Gasteiger partial charge in [-0.3, -0.25) is 4.79 Å². The normalized spacial score (nSPS) is 11.8. The van der Waals surface area contributed by atoms with E-state index < -0.39 is 29.3 Å². The van der Waals surface area contributed by atoms with Crippen LogP contribution in [0.2, 0.25) is 0 Å². The highest BCUT2D eigenvalue weighted by atomic mass is 19.4. The molecule has 0 fully saturated rings. The van der Waals surface area contributed by atoms with Crippen LogP contribution < -0.4 is 4.74 Å². The zero-order valence-corrected chi connectivity index (χ0v) is 18.4. The van der Waals surface area contributed by atoms with Gasteiger partial charge < -0.3 is 14.6 Å². The molecule has 0 saturated carbocycles. The molecule has 0 amide bonds. The Morgan fingerprint density at radius 1 is 1.00 bits per heavy atom. The number of aromatic nitrogens is 3. The predicted molar refractivity (Wildman–Crippen MR) is 113 cm³/mol. The van der Waals surface area contributed by atoms with Crippen molar-refractivity contribution in [3.05, 3.63) is 77.1 Å². The number of carboxylic acids is 1. The van der Waals surface area contributed by atoms with Crippen LogP contribution in [0.25, 0.3) is 0 Å². The summed E-state index contributed by atoms with van der Waals surface area (Å²) < 4.78 is 50.0. The van der Waals surface area contributed by atoms with Crippen LogP contribution in [0.4, 0.5) is 13.2 Å². The molecule has 2 aromatic carbocycles. The summed E-state index contributed by atoms with van der Waals surface area (Å²) in [6.45, 7) is 2.96. The van der Waals surface area contributed by atoms with Crippen molar-refractivity contribution >= 4 is 11.9 Å². The van der Waals surface area contributed by atoms with Crippen molar-refractivity contribution in [1.82, 2.24) is 15.0 Å². The number of alkyl halides is 3. The molecule has 3 aromatic rings. The fraction of sp³-hybridized carbons (Fsp3) is 0.304. The smallest absolute Gasteiger partial charge is 0.416 e. The van der Waals surface area contributed by atoms with Gasteiger partial charge in [0.1, 0.15) is 18.1 Å².